The quantitative estimate of drug-likeness (QED) is 0.890. The van der Waals surface area contributed by atoms with Crippen LogP contribution in [0.1, 0.15) is 5.56 Å². The first-order valence-electron chi connectivity index (χ1n) is 6.26. The number of carbonyl (C=O) groups is 1. The van der Waals surface area contributed by atoms with Crippen molar-refractivity contribution in [3.8, 4) is 0 Å². The summed E-state index contributed by atoms with van der Waals surface area (Å²) in [6.45, 7) is -0.306. The Kier molecular flexibility index (Phi) is 4.81. The second-order valence-electron chi connectivity index (χ2n) is 4.32. The predicted octanol–water partition coefficient (Wildman–Crippen LogP) is 2.83. The zero-order chi connectivity index (χ0) is 15.2. The number of anilines is 1. The summed E-state index contributed by atoms with van der Waals surface area (Å²) in [5.41, 5.74) is -0.0264. The van der Waals surface area contributed by atoms with E-state index in [-0.39, 0.29) is 18.8 Å². The average molecular weight is 294 g/mol. The van der Waals surface area contributed by atoms with E-state index in [2.05, 4.69) is 10.6 Å². The number of amides is 1. The summed E-state index contributed by atoms with van der Waals surface area (Å²) in [6, 6.07) is 9.42. The van der Waals surface area contributed by atoms with E-state index >= 15 is 0 Å². The molecule has 2 N–H and O–H groups in total. The Bertz CT molecular complexity index is 626. The van der Waals surface area contributed by atoms with Crippen molar-refractivity contribution in [2.75, 3.05) is 11.9 Å². The standard InChI is InChI=1S/C15H13F3N2O/c16-11-5-2-1-4-10(11)8-19-14(21)9-20-15-12(17)6-3-7-13(15)18/h1-7,20H,8-9H2,(H,19,21). The number of carbonyl (C=O) groups excluding carboxylic acids is 1. The first-order valence-corrected chi connectivity index (χ1v) is 6.26. The molecule has 1 amide bonds. The highest BCUT2D eigenvalue weighted by Crippen LogP contribution is 2.17. The number of nitrogens with one attached hydrogen (secondary N) is 2. The maximum absolute atomic E-state index is 13.3. The topological polar surface area (TPSA) is 41.1 Å². The van der Waals surface area contributed by atoms with Crippen LogP contribution in [0.15, 0.2) is 42.5 Å². The Morgan fingerprint density at radius 3 is 2.19 bits per heavy atom. The third-order valence-corrected chi connectivity index (χ3v) is 2.82. The van der Waals surface area contributed by atoms with Crippen molar-refractivity contribution in [3.63, 3.8) is 0 Å². The van der Waals surface area contributed by atoms with Crippen LogP contribution in [0, 0.1) is 17.5 Å². The molecule has 2 aromatic carbocycles. The van der Waals surface area contributed by atoms with Gasteiger partial charge >= 0.3 is 0 Å². The van der Waals surface area contributed by atoms with Crippen molar-refractivity contribution in [2.45, 2.75) is 6.54 Å². The monoisotopic (exact) mass is 294 g/mol. The summed E-state index contributed by atoms with van der Waals surface area (Å²) < 4.78 is 40.0. The first-order chi connectivity index (χ1) is 10.1. The number of hydrogen-bond donors (Lipinski definition) is 2. The molecular formula is C15H13F3N2O. The van der Waals surface area contributed by atoms with Gasteiger partial charge in [-0.3, -0.25) is 4.79 Å². The van der Waals surface area contributed by atoms with Gasteiger partial charge in [-0.2, -0.15) is 0 Å². The van der Waals surface area contributed by atoms with E-state index in [0.29, 0.717) is 5.56 Å². The molecule has 2 rings (SSSR count). The zero-order valence-corrected chi connectivity index (χ0v) is 11.0. The highest BCUT2D eigenvalue weighted by atomic mass is 19.1. The SMILES string of the molecule is O=C(CNc1c(F)cccc1F)NCc1ccccc1F. The van der Waals surface area contributed by atoms with Crippen molar-refractivity contribution in [2.24, 2.45) is 0 Å². The van der Waals surface area contributed by atoms with Gasteiger partial charge in [0.1, 0.15) is 23.1 Å². The van der Waals surface area contributed by atoms with Crippen molar-refractivity contribution >= 4 is 11.6 Å². The van der Waals surface area contributed by atoms with Crippen molar-refractivity contribution in [1.82, 2.24) is 5.32 Å². The third-order valence-electron chi connectivity index (χ3n) is 2.82. The fourth-order valence-electron chi connectivity index (χ4n) is 1.73. The molecule has 21 heavy (non-hydrogen) atoms. The van der Waals surface area contributed by atoms with Crippen LogP contribution >= 0.6 is 0 Å². The summed E-state index contributed by atoms with van der Waals surface area (Å²) in [6.07, 6.45) is 0. The predicted molar refractivity (Wildman–Crippen MR) is 73.1 cm³/mol. The number of hydrogen-bond acceptors (Lipinski definition) is 2. The molecule has 0 unspecified atom stereocenters. The lowest BCUT2D eigenvalue weighted by Gasteiger charge is -2.09. The maximum atomic E-state index is 13.3. The molecule has 0 aliphatic rings. The Hall–Kier alpha value is -2.50. The summed E-state index contributed by atoms with van der Waals surface area (Å²) >= 11 is 0. The van der Waals surface area contributed by atoms with Crippen molar-refractivity contribution < 1.29 is 18.0 Å². The molecule has 0 aliphatic carbocycles. The second kappa shape index (κ2) is 6.78. The fourth-order valence-corrected chi connectivity index (χ4v) is 1.73. The van der Waals surface area contributed by atoms with E-state index < -0.39 is 23.4 Å². The smallest absolute Gasteiger partial charge is 0.239 e. The van der Waals surface area contributed by atoms with E-state index in [4.69, 9.17) is 0 Å². The molecule has 3 nitrogen and oxygen atoms in total. The van der Waals surface area contributed by atoms with E-state index in [9.17, 15) is 18.0 Å². The minimum absolute atomic E-state index is 0.00689. The van der Waals surface area contributed by atoms with Crippen LogP contribution in [0.4, 0.5) is 18.9 Å². The molecule has 0 spiro atoms. The number of halogens is 3. The lowest BCUT2D eigenvalue weighted by molar-refractivity contribution is -0.119. The molecule has 110 valence electrons. The maximum Gasteiger partial charge on any atom is 0.239 e. The van der Waals surface area contributed by atoms with Gasteiger partial charge in [-0.05, 0) is 18.2 Å². The molecule has 2 aromatic rings. The normalized spacial score (nSPS) is 10.2. The van der Waals surface area contributed by atoms with Gasteiger partial charge < -0.3 is 10.6 Å². The molecule has 0 saturated heterocycles. The molecule has 0 radical (unpaired) electrons. The van der Waals surface area contributed by atoms with E-state index in [0.717, 1.165) is 12.1 Å². The Labute approximate surface area is 119 Å². The summed E-state index contributed by atoms with van der Waals surface area (Å²) in [5.74, 6) is -2.49. The van der Waals surface area contributed by atoms with Crippen LogP contribution < -0.4 is 10.6 Å². The molecule has 0 aliphatic heterocycles. The fraction of sp³-hybridized carbons (Fsp3) is 0.133. The van der Waals surface area contributed by atoms with Crippen LogP contribution in [0.25, 0.3) is 0 Å². The van der Waals surface area contributed by atoms with Crippen molar-refractivity contribution in [1.29, 1.82) is 0 Å². The second-order valence-corrected chi connectivity index (χ2v) is 4.32. The Morgan fingerprint density at radius 1 is 0.905 bits per heavy atom. The molecular weight excluding hydrogens is 281 g/mol. The van der Waals surface area contributed by atoms with Crippen LogP contribution in [-0.2, 0) is 11.3 Å². The van der Waals surface area contributed by atoms with Crippen LogP contribution in [0.3, 0.4) is 0 Å². The van der Waals surface area contributed by atoms with Gasteiger partial charge in [0, 0.05) is 12.1 Å². The zero-order valence-electron chi connectivity index (χ0n) is 11.0. The number of rotatable bonds is 5. The third kappa shape index (κ3) is 3.98. The van der Waals surface area contributed by atoms with Gasteiger partial charge in [-0.15, -0.1) is 0 Å². The van der Waals surface area contributed by atoms with Crippen LogP contribution in [0.5, 0.6) is 0 Å². The molecule has 0 bridgehead atoms. The van der Waals surface area contributed by atoms with Crippen LogP contribution in [-0.4, -0.2) is 12.5 Å². The van der Waals surface area contributed by atoms with Crippen molar-refractivity contribution in [3.05, 3.63) is 65.5 Å². The highest BCUT2D eigenvalue weighted by Gasteiger charge is 2.10. The Morgan fingerprint density at radius 2 is 1.52 bits per heavy atom. The van der Waals surface area contributed by atoms with Gasteiger partial charge in [0.2, 0.25) is 5.91 Å². The summed E-state index contributed by atoms with van der Waals surface area (Å²) in [7, 11) is 0. The minimum Gasteiger partial charge on any atom is -0.371 e. The van der Waals surface area contributed by atoms with E-state index in [1.165, 1.54) is 12.1 Å². The van der Waals surface area contributed by atoms with Crippen LogP contribution in [0.2, 0.25) is 0 Å². The molecule has 0 saturated carbocycles. The van der Waals surface area contributed by atoms with Gasteiger partial charge in [-0.25, -0.2) is 13.2 Å². The highest BCUT2D eigenvalue weighted by molar-refractivity contribution is 5.80. The number of benzene rings is 2. The average Bonchev–Trinajstić information content (AvgIpc) is 2.46. The molecule has 6 heteroatoms. The van der Waals surface area contributed by atoms with E-state index in [1.807, 2.05) is 0 Å². The largest absolute Gasteiger partial charge is 0.371 e. The minimum atomic E-state index is -0.781. The molecule has 0 fully saturated rings. The van der Waals surface area contributed by atoms with Gasteiger partial charge in [0.25, 0.3) is 0 Å². The molecule has 0 atom stereocenters. The van der Waals surface area contributed by atoms with E-state index in [1.54, 1.807) is 18.2 Å². The molecule has 0 aromatic heterocycles. The Balaban J connectivity index is 1.87. The lowest BCUT2D eigenvalue weighted by atomic mass is 10.2. The summed E-state index contributed by atoms with van der Waals surface area (Å²) in [5, 5.41) is 4.84. The first kappa shape index (κ1) is 14.9. The lowest BCUT2D eigenvalue weighted by Crippen LogP contribution is -2.30. The van der Waals surface area contributed by atoms with Gasteiger partial charge in [0.15, 0.2) is 0 Å². The number of para-hydroxylation sites is 1. The summed E-state index contributed by atoms with van der Waals surface area (Å²) in [4.78, 5) is 11.6. The molecule has 0 heterocycles. The van der Waals surface area contributed by atoms with Gasteiger partial charge in [-0.1, -0.05) is 24.3 Å². The van der Waals surface area contributed by atoms with Gasteiger partial charge in [0.05, 0.1) is 6.54 Å².